The molecule has 6 rings (SSSR count). The van der Waals surface area contributed by atoms with Gasteiger partial charge in [0.1, 0.15) is 5.56 Å². The molecule has 1 fully saturated rings. The van der Waals surface area contributed by atoms with Crippen LogP contribution in [0.5, 0.6) is 5.88 Å². The van der Waals surface area contributed by atoms with Crippen LogP contribution in [0.2, 0.25) is 5.02 Å². The average molecular weight is 629 g/mol. The number of anilines is 1. The summed E-state index contributed by atoms with van der Waals surface area (Å²) in [6.07, 6.45) is 2.40. The van der Waals surface area contributed by atoms with E-state index in [9.17, 15) is 19.5 Å². The third-order valence-corrected chi connectivity index (χ3v) is 8.90. The predicted molar refractivity (Wildman–Crippen MR) is 170 cm³/mol. The van der Waals surface area contributed by atoms with Crippen LogP contribution in [-0.4, -0.2) is 57.5 Å². The number of fused-ring (bicyclic) bond motifs is 1. The highest BCUT2D eigenvalue weighted by Gasteiger charge is 2.36. The van der Waals surface area contributed by atoms with Gasteiger partial charge in [-0.2, -0.15) is 5.10 Å². The Kier molecular flexibility index (Phi) is 8.41. The maximum atomic E-state index is 13.0. The van der Waals surface area contributed by atoms with E-state index in [2.05, 4.69) is 21.0 Å². The zero-order valence-corrected chi connectivity index (χ0v) is 25.8. The molecule has 0 saturated carbocycles. The molecule has 2 aromatic heterocycles. The van der Waals surface area contributed by atoms with Gasteiger partial charge in [0.05, 0.1) is 30.0 Å². The number of pyridine rings is 1. The van der Waals surface area contributed by atoms with Crippen molar-refractivity contribution in [3.63, 3.8) is 0 Å². The van der Waals surface area contributed by atoms with Crippen molar-refractivity contribution < 1.29 is 19.4 Å². The number of carbonyl (C=O) groups is 2. The van der Waals surface area contributed by atoms with Crippen LogP contribution >= 0.6 is 11.6 Å². The monoisotopic (exact) mass is 628 g/mol. The molecule has 0 spiro atoms. The first-order valence-electron chi connectivity index (χ1n) is 14.7. The Bertz CT molecular complexity index is 1880. The Hall–Kier alpha value is -4.58. The van der Waals surface area contributed by atoms with Crippen LogP contribution in [0.4, 0.5) is 5.69 Å². The average Bonchev–Trinajstić information content (AvgIpc) is 3.59. The number of hydrogen-bond donors (Lipinski definition) is 4. The molecular formula is C33H33ClN6O5. The van der Waals surface area contributed by atoms with Gasteiger partial charge in [0.2, 0.25) is 11.8 Å². The number of benzene rings is 2. The lowest BCUT2D eigenvalue weighted by Gasteiger charge is -2.22. The van der Waals surface area contributed by atoms with Gasteiger partial charge in [0.15, 0.2) is 0 Å². The second-order valence-corrected chi connectivity index (χ2v) is 11.7. The Morgan fingerprint density at radius 3 is 2.67 bits per heavy atom. The molecule has 1 aliphatic heterocycles. The molecule has 1 saturated heterocycles. The number of nitrogens with zero attached hydrogens (tertiary/aromatic N) is 3. The maximum Gasteiger partial charge on any atom is 0.279 e. The van der Waals surface area contributed by atoms with Crippen LogP contribution < -0.4 is 26.2 Å². The molecule has 1 aliphatic carbocycles. The van der Waals surface area contributed by atoms with Crippen molar-refractivity contribution in [3.05, 3.63) is 92.4 Å². The Morgan fingerprint density at radius 1 is 1.16 bits per heavy atom. The third kappa shape index (κ3) is 5.82. The molecule has 4 N–H and O–H groups in total. The van der Waals surface area contributed by atoms with Crippen LogP contribution in [0.25, 0.3) is 22.4 Å². The Morgan fingerprint density at radius 2 is 1.91 bits per heavy atom. The van der Waals surface area contributed by atoms with Crippen molar-refractivity contribution in [1.29, 1.82) is 0 Å². The van der Waals surface area contributed by atoms with Crippen LogP contribution in [0.3, 0.4) is 0 Å². The number of hydrogen-bond acceptors (Lipinski definition) is 8. The molecule has 3 heterocycles. The lowest BCUT2D eigenvalue weighted by Crippen LogP contribution is -2.39. The van der Waals surface area contributed by atoms with Crippen LogP contribution in [0.1, 0.15) is 45.9 Å². The first kappa shape index (κ1) is 30.4. The number of nitrogens with one attached hydrogen (secondary N) is 3. The van der Waals surface area contributed by atoms with Crippen LogP contribution in [0.15, 0.2) is 59.5 Å². The molecule has 232 valence electrons. The van der Waals surface area contributed by atoms with Gasteiger partial charge in [-0.15, -0.1) is 0 Å². The van der Waals surface area contributed by atoms with Crippen molar-refractivity contribution in [2.75, 3.05) is 19.0 Å². The molecule has 3 atom stereocenters. The number of carbonyl (C=O) groups excluding carboxylic acids is 2. The van der Waals surface area contributed by atoms with Crippen molar-refractivity contribution in [2.45, 2.75) is 44.4 Å². The summed E-state index contributed by atoms with van der Waals surface area (Å²) in [7, 11) is 3.04. The fourth-order valence-electron chi connectivity index (χ4n) is 6.12. The normalized spacial score (nSPS) is 18.9. The highest BCUT2D eigenvalue weighted by atomic mass is 35.5. The third-order valence-electron chi connectivity index (χ3n) is 8.49. The molecule has 45 heavy (non-hydrogen) atoms. The summed E-state index contributed by atoms with van der Waals surface area (Å²) in [6, 6.07) is 14.1. The van der Waals surface area contributed by atoms with Gasteiger partial charge < -0.3 is 25.8 Å². The molecule has 3 unspecified atom stereocenters. The lowest BCUT2D eigenvalue weighted by atomic mass is 9.96. The number of aryl methyl sites for hydroxylation is 1. The van der Waals surface area contributed by atoms with Crippen molar-refractivity contribution >= 4 is 29.1 Å². The number of rotatable bonds is 8. The van der Waals surface area contributed by atoms with E-state index in [1.165, 1.54) is 19.3 Å². The lowest BCUT2D eigenvalue weighted by molar-refractivity contribution is -0.119. The molecule has 2 aliphatic rings. The highest BCUT2D eigenvalue weighted by Crippen LogP contribution is 2.43. The first-order valence-corrected chi connectivity index (χ1v) is 15.0. The molecule has 0 radical (unpaired) electrons. The van der Waals surface area contributed by atoms with Gasteiger partial charge in [-0.1, -0.05) is 41.9 Å². The second kappa shape index (κ2) is 12.4. The van der Waals surface area contributed by atoms with Crippen molar-refractivity contribution in [2.24, 2.45) is 7.05 Å². The fraction of sp³-hybridized carbons (Fsp3) is 0.303. The van der Waals surface area contributed by atoms with E-state index in [1.807, 2.05) is 43.3 Å². The largest absolute Gasteiger partial charge is 0.481 e. The molecule has 4 aromatic rings. The van der Waals surface area contributed by atoms with E-state index in [0.29, 0.717) is 47.2 Å². The summed E-state index contributed by atoms with van der Waals surface area (Å²) in [5, 5.41) is 24.5. The minimum atomic E-state index is -0.683. The van der Waals surface area contributed by atoms with E-state index in [4.69, 9.17) is 21.3 Å². The first-order chi connectivity index (χ1) is 21.7. The van der Waals surface area contributed by atoms with Crippen LogP contribution in [-0.2, 0) is 18.3 Å². The molecule has 2 amide bonds. The molecule has 11 nitrogen and oxygen atoms in total. The Labute approximate surface area is 264 Å². The van der Waals surface area contributed by atoms with Gasteiger partial charge >= 0.3 is 0 Å². The number of ether oxygens (including phenoxy) is 1. The number of aromatic nitrogens is 3. The van der Waals surface area contributed by atoms with E-state index in [-0.39, 0.29) is 23.6 Å². The summed E-state index contributed by atoms with van der Waals surface area (Å²) in [6.45, 7) is 2.41. The number of aliphatic hydroxyl groups excluding tert-OH is 1. The molecular weight excluding hydrogens is 596 g/mol. The van der Waals surface area contributed by atoms with E-state index >= 15 is 0 Å². The molecule has 2 aromatic carbocycles. The maximum absolute atomic E-state index is 13.0. The SMILES string of the molecule is COc1nc(-c2cccc(-c3cccc(NC(=O)c4ccnn(C)c4=O)c3C)c2Cl)cc2c1C(NCC1CCC(=O)N1)C(O)C2. The minimum absolute atomic E-state index is 0.0122. The fourth-order valence-corrected chi connectivity index (χ4v) is 6.44. The zero-order valence-electron chi connectivity index (χ0n) is 25.1. The predicted octanol–water partition coefficient (Wildman–Crippen LogP) is 3.56. The summed E-state index contributed by atoms with van der Waals surface area (Å²) in [5.74, 6) is -0.0898. The van der Waals surface area contributed by atoms with Gasteiger partial charge in [0.25, 0.3) is 11.5 Å². The number of aliphatic hydroxyl groups is 1. The van der Waals surface area contributed by atoms with Crippen molar-refractivity contribution in [1.82, 2.24) is 25.4 Å². The number of amides is 2. The number of methoxy groups -OCH3 is 1. The molecule has 12 heteroatoms. The Balaban J connectivity index is 1.30. The van der Waals surface area contributed by atoms with Crippen LogP contribution in [0, 0.1) is 6.92 Å². The zero-order chi connectivity index (χ0) is 31.8. The second-order valence-electron chi connectivity index (χ2n) is 11.3. The standard InChI is InChI=1S/C33H33ClN6O5/c1-17-20(6-5-9-24(17)38-31(43)23-12-13-36-40(2)33(23)44)21-7-4-8-22(29(21)34)25-14-18-15-26(41)30(28(18)32(39-25)45-3)35-16-19-10-11-27(42)37-19/h4-9,12-14,19,26,30,35,41H,10-11,15-16H2,1-3H3,(H,37,42)(H,38,43). The summed E-state index contributed by atoms with van der Waals surface area (Å²) >= 11 is 7.06. The number of halogens is 1. The van der Waals surface area contributed by atoms with Gasteiger partial charge in [-0.25, -0.2) is 9.67 Å². The summed E-state index contributed by atoms with van der Waals surface area (Å²) < 4.78 is 6.83. The van der Waals surface area contributed by atoms with E-state index in [0.717, 1.165) is 38.9 Å². The van der Waals surface area contributed by atoms with Gasteiger partial charge in [0, 0.05) is 61.1 Å². The highest BCUT2D eigenvalue weighted by molar-refractivity contribution is 6.36. The topological polar surface area (TPSA) is 147 Å². The van der Waals surface area contributed by atoms with Gasteiger partial charge in [-0.05, 0) is 48.2 Å². The minimum Gasteiger partial charge on any atom is -0.481 e. The van der Waals surface area contributed by atoms with E-state index < -0.39 is 17.6 Å². The van der Waals surface area contributed by atoms with Crippen molar-refractivity contribution in [3.8, 4) is 28.3 Å². The molecule has 0 bridgehead atoms. The summed E-state index contributed by atoms with van der Waals surface area (Å²) in [4.78, 5) is 41.8. The van der Waals surface area contributed by atoms with Gasteiger partial charge in [-0.3, -0.25) is 14.4 Å². The summed E-state index contributed by atoms with van der Waals surface area (Å²) in [5.41, 5.74) is 5.33. The van der Waals surface area contributed by atoms with E-state index in [1.54, 1.807) is 13.2 Å². The quantitative estimate of drug-likeness (QED) is 0.232. The smallest absolute Gasteiger partial charge is 0.279 e.